The van der Waals surface area contributed by atoms with Crippen molar-refractivity contribution >= 4 is 57.0 Å². The van der Waals surface area contributed by atoms with Crippen molar-refractivity contribution in [2.45, 2.75) is 13.0 Å². The second-order valence-electron chi connectivity index (χ2n) is 4.11. The van der Waals surface area contributed by atoms with E-state index in [1.165, 1.54) is 16.2 Å². The summed E-state index contributed by atoms with van der Waals surface area (Å²) < 4.78 is 6.13. The number of hydrogen-bond donors (Lipinski definition) is 1. The Kier molecular flexibility index (Phi) is 4.48. The van der Waals surface area contributed by atoms with Gasteiger partial charge in [-0.25, -0.2) is 14.5 Å². The summed E-state index contributed by atoms with van der Waals surface area (Å²) in [7, 11) is 0. The number of ether oxygens (including phenoxy) is 1. The lowest BCUT2D eigenvalue weighted by Crippen LogP contribution is -2.41. The first-order valence-electron chi connectivity index (χ1n) is 5.63. The van der Waals surface area contributed by atoms with Gasteiger partial charge in [-0.05, 0) is 34.7 Å². The molecule has 2 heterocycles. The lowest BCUT2D eigenvalue weighted by atomic mass is 10.3. The predicted octanol–water partition coefficient (Wildman–Crippen LogP) is 2.20. The Morgan fingerprint density at radius 3 is 2.80 bits per heavy atom. The molecule has 0 unspecified atom stereocenters. The highest BCUT2D eigenvalue weighted by Gasteiger charge is 2.35. The maximum atomic E-state index is 11.8. The van der Waals surface area contributed by atoms with E-state index in [1.54, 1.807) is 6.07 Å². The second-order valence-corrected chi connectivity index (χ2v) is 7.06. The Bertz CT molecular complexity index is 547. The number of cyclic esters (lactones) is 1. The molecule has 1 saturated heterocycles. The number of carbonyl (C=O) groups is 3. The lowest BCUT2D eigenvalue weighted by Gasteiger charge is -2.18. The predicted molar refractivity (Wildman–Crippen MR) is 80.1 cm³/mol. The van der Waals surface area contributed by atoms with Crippen molar-refractivity contribution in [2.75, 3.05) is 18.0 Å². The highest BCUT2D eigenvalue weighted by atomic mass is 127. The van der Waals surface area contributed by atoms with Crippen molar-refractivity contribution in [2.24, 2.45) is 0 Å². The summed E-state index contributed by atoms with van der Waals surface area (Å²) in [5.41, 5.74) is 0. The number of rotatable bonds is 3. The Morgan fingerprint density at radius 2 is 2.30 bits per heavy atom. The van der Waals surface area contributed by atoms with Crippen molar-refractivity contribution in [1.82, 2.24) is 4.90 Å². The van der Waals surface area contributed by atoms with Gasteiger partial charge in [0.05, 0.1) is 16.0 Å². The molecule has 20 heavy (non-hydrogen) atoms. The average molecular weight is 410 g/mol. The molecule has 1 aliphatic heterocycles. The third kappa shape index (κ3) is 3.20. The Hall–Kier alpha value is -1.36. The van der Waals surface area contributed by atoms with Crippen molar-refractivity contribution in [1.29, 1.82) is 0 Å². The molecule has 9 heteroatoms. The van der Waals surface area contributed by atoms with Crippen LogP contribution in [0.4, 0.5) is 14.6 Å². The number of nitrogens with zero attached hydrogens (tertiary/aromatic N) is 2. The van der Waals surface area contributed by atoms with Crippen molar-refractivity contribution < 1.29 is 24.2 Å². The zero-order valence-corrected chi connectivity index (χ0v) is 13.4. The van der Waals surface area contributed by atoms with E-state index in [4.69, 9.17) is 9.84 Å². The van der Waals surface area contributed by atoms with E-state index in [2.05, 4.69) is 22.6 Å². The number of imide groups is 1. The summed E-state index contributed by atoms with van der Waals surface area (Å²) in [5.74, 6) is -0.599. The minimum atomic E-state index is -1.35. The van der Waals surface area contributed by atoms with Gasteiger partial charge in [0, 0.05) is 6.92 Å². The number of carboxylic acid groups (broad SMARTS) is 1. The van der Waals surface area contributed by atoms with Crippen LogP contribution < -0.4 is 4.90 Å². The number of anilines is 1. The van der Waals surface area contributed by atoms with Crippen LogP contribution in [0.3, 0.4) is 0 Å². The fourth-order valence-corrected chi connectivity index (χ4v) is 3.38. The molecule has 0 bridgehead atoms. The topological polar surface area (TPSA) is 87.2 Å². The molecular formula is C11H11IN2O5S. The van der Waals surface area contributed by atoms with Crippen LogP contribution in [-0.4, -0.2) is 47.3 Å². The molecule has 1 atom stereocenters. The van der Waals surface area contributed by atoms with Gasteiger partial charge in [-0.15, -0.1) is 11.3 Å². The number of carbonyl (C=O) groups excluding carboxylic acids is 2. The van der Waals surface area contributed by atoms with Gasteiger partial charge in [-0.2, -0.15) is 0 Å². The van der Waals surface area contributed by atoms with E-state index in [9.17, 15) is 14.4 Å². The van der Waals surface area contributed by atoms with Crippen molar-refractivity contribution in [3.8, 4) is 0 Å². The fraction of sp³-hybridized carbons (Fsp3) is 0.364. The monoisotopic (exact) mass is 410 g/mol. The molecule has 108 valence electrons. The van der Waals surface area contributed by atoms with Gasteiger partial charge in [-0.1, -0.05) is 0 Å². The second kappa shape index (κ2) is 5.95. The molecule has 0 spiro atoms. The van der Waals surface area contributed by atoms with Gasteiger partial charge in [0.15, 0.2) is 0 Å². The first-order chi connectivity index (χ1) is 9.38. The van der Waals surface area contributed by atoms with Crippen molar-refractivity contribution in [3.05, 3.63) is 15.0 Å². The summed E-state index contributed by atoms with van der Waals surface area (Å²) in [6.07, 6.45) is -2.53. The number of thiophene rings is 1. The summed E-state index contributed by atoms with van der Waals surface area (Å²) in [4.78, 5) is 36.0. The summed E-state index contributed by atoms with van der Waals surface area (Å²) in [6, 6.07) is 3.68. The molecule has 1 aromatic rings. The molecule has 1 aliphatic rings. The highest BCUT2D eigenvalue weighted by Crippen LogP contribution is 2.30. The first-order valence-corrected chi connectivity index (χ1v) is 7.52. The highest BCUT2D eigenvalue weighted by molar-refractivity contribution is 14.1. The van der Waals surface area contributed by atoms with Crippen LogP contribution in [0.2, 0.25) is 0 Å². The Labute approximate surface area is 132 Å². The Balaban J connectivity index is 2.05. The van der Waals surface area contributed by atoms with Gasteiger partial charge in [0.1, 0.15) is 11.1 Å². The number of hydrogen-bond acceptors (Lipinski definition) is 5. The van der Waals surface area contributed by atoms with Crippen LogP contribution in [0.25, 0.3) is 0 Å². The van der Waals surface area contributed by atoms with Crippen LogP contribution in [0.5, 0.6) is 0 Å². The molecule has 0 radical (unpaired) electrons. The quantitative estimate of drug-likeness (QED) is 0.773. The Morgan fingerprint density at radius 1 is 1.60 bits per heavy atom. The molecule has 1 aromatic heterocycles. The smallest absolute Gasteiger partial charge is 0.415 e. The van der Waals surface area contributed by atoms with Gasteiger partial charge < -0.3 is 9.84 Å². The first kappa shape index (κ1) is 15.0. The molecule has 1 fully saturated rings. The average Bonchev–Trinajstić information content (AvgIpc) is 2.91. The van der Waals surface area contributed by atoms with Crippen LogP contribution in [0, 0.1) is 2.88 Å². The standard InChI is InChI=1S/C11H11IN2O5S/c1-6(15)13(10(16)17)4-7-5-14(11(18)19-7)9-3-2-8(12)20-9/h2-3,7H,4-5H2,1H3,(H,16,17)/t7-/m0/s1. The number of halogens is 1. The minimum absolute atomic E-state index is 0.157. The molecule has 7 nitrogen and oxygen atoms in total. The van der Waals surface area contributed by atoms with Crippen LogP contribution >= 0.6 is 33.9 Å². The molecule has 3 amide bonds. The molecule has 0 aliphatic carbocycles. The zero-order valence-electron chi connectivity index (χ0n) is 10.4. The SMILES string of the molecule is CC(=O)N(C[C@H]1CN(c2ccc(I)s2)C(=O)O1)C(=O)O. The third-order valence-electron chi connectivity index (χ3n) is 2.70. The number of amides is 3. The van der Waals surface area contributed by atoms with Gasteiger partial charge in [-0.3, -0.25) is 9.69 Å². The normalized spacial score (nSPS) is 18.0. The van der Waals surface area contributed by atoms with Gasteiger partial charge >= 0.3 is 12.2 Å². The van der Waals surface area contributed by atoms with Crippen LogP contribution in [-0.2, 0) is 9.53 Å². The van der Waals surface area contributed by atoms with Crippen LogP contribution in [0.1, 0.15) is 6.92 Å². The van der Waals surface area contributed by atoms with E-state index in [0.29, 0.717) is 4.90 Å². The van der Waals surface area contributed by atoms with E-state index >= 15 is 0 Å². The maximum Gasteiger partial charge on any atom is 0.415 e. The summed E-state index contributed by atoms with van der Waals surface area (Å²) in [6.45, 7) is 1.23. The zero-order chi connectivity index (χ0) is 14.9. The molecule has 1 N–H and O–H groups in total. The molecular weight excluding hydrogens is 399 g/mol. The van der Waals surface area contributed by atoms with Gasteiger partial charge in [0.25, 0.3) is 0 Å². The third-order valence-corrected chi connectivity index (χ3v) is 4.61. The van der Waals surface area contributed by atoms with Crippen LogP contribution in [0.15, 0.2) is 12.1 Å². The van der Waals surface area contributed by atoms with E-state index in [-0.39, 0.29) is 13.1 Å². The maximum absolute atomic E-state index is 11.8. The lowest BCUT2D eigenvalue weighted by molar-refractivity contribution is -0.127. The van der Waals surface area contributed by atoms with E-state index in [1.807, 2.05) is 6.07 Å². The van der Waals surface area contributed by atoms with Gasteiger partial charge in [0.2, 0.25) is 5.91 Å². The molecule has 2 rings (SSSR count). The van der Waals surface area contributed by atoms with E-state index in [0.717, 1.165) is 14.8 Å². The minimum Gasteiger partial charge on any atom is -0.465 e. The summed E-state index contributed by atoms with van der Waals surface area (Å²) >= 11 is 3.58. The van der Waals surface area contributed by atoms with E-state index < -0.39 is 24.2 Å². The van der Waals surface area contributed by atoms with Crippen molar-refractivity contribution in [3.63, 3.8) is 0 Å². The molecule has 0 saturated carbocycles. The molecule has 0 aromatic carbocycles. The largest absolute Gasteiger partial charge is 0.465 e. The fourth-order valence-electron chi connectivity index (χ4n) is 1.79. The summed E-state index contributed by atoms with van der Waals surface area (Å²) in [5, 5.41) is 9.65.